The highest BCUT2D eigenvalue weighted by Gasteiger charge is 2.17. The smallest absolute Gasteiger partial charge is 0.272 e. The first-order valence-corrected chi connectivity index (χ1v) is 9.71. The fraction of sp³-hybridized carbons (Fsp3) is 0.150. The SMILES string of the molecule is CSc1ncc(Cl)c(C(=O)N[C@H](C)c2ccc(-c3ccccc3)cc2)n1. The molecule has 0 fully saturated rings. The molecule has 0 saturated heterocycles. The van der Waals surface area contributed by atoms with Crippen LogP contribution in [0.4, 0.5) is 0 Å². The summed E-state index contributed by atoms with van der Waals surface area (Å²) in [6.07, 6.45) is 3.30. The van der Waals surface area contributed by atoms with Gasteiger partial charge in [0.25, 0.3) is 5.91 Å². The molecule has 0 saturated carbocycles. The second-order valence-corrected chi connectivity index (χ2v) is 6.92. The molecule has 6 heteroatoms. The van der Waals surface area contributed by atoms with Crippen molar-refractivity contribution in [3.05, 3.63) is 77.1 Å². The topological polar surface area (TPSA) is 54.9 Å². The number of aromatic nitrogens is 2. The molecule has 0 aliphatic rings. The fourth-order valence-corrected chi connectivity index (χ4v) is 3.07. The van der Waals surface area contributed by atoms with E-state index in [1.165, 1.54) is 18.0 Å². The van der Waals surface area contributed by atoms with E-state index in [-0.39, 0.29) is 22.7 Å². The first-order chi connectivity index (χ1) is 12.6. The average Bonchev–Trinajstić information content (AvgIpc) is 2.69. The number of hydrogen-bond donors (Lipinski definition) is 1. The lowest BCUT2D eigenvalue weighted by molar-refractivity contribution is 0.0934. The lowest BCUT2D eigenvalue weighted by Crippen LogP contribution is -2.28. The number of nitrogens with zero attached hydrogens (tertiary/aromatic N) is 2. The van der Waals surface area contributed by atoms with Gasteiger partial charge in [0.05, 0.1) is 17.3 Å². The molecule has 2 aromatic carbocycles. The van der Waals surface area contributed by atoms with Crippen molar-refractivity contribution in [1.82, 2.24) is 15.3 Å². The standard InChI is InChI=1S/C20H18ClN3OS/c1-13(23-19(25)18-17(21)12-22-20(24-18)26-2)14-8-10-16(11-9-14)15-6-4-3-5-7-15/h3-13H,1-2H3,(H,23,25)/t13-/m1/s1. The normalized spacial score (nSPS) is 11.8. The molecular weight excluding hydrogens is 366 g/mol. The van der Waals surface area contributed by atoms with Gasteiger partial charge in [-0.3, -0.25) is 4.79 Å². The summed E-state index contributed by atoms with van der Waals surface area (Å²) in [5, 5.41) is 3.70. The van der Waals surface area contributed by atoms with Crippen molar-refractivity contribution in [2.45, 2.75) is 18.1 Å². The Morgan fingerprint density at radius 1 is 1.08 bits per heavy atom. The summed E-state index contributed by atoms with van der Waals surface area (Å²) in [5.41, 5.74) is 3.50. The highest BCUT2D eigenvalue weighted by molar-refractivity contribution is 7.98. The third-order valence-electron chi connectivity index (χ3n) is 3.99. The van der Waals surface area contributed by atoms with Crippen LogP contribution >= 0.6 is 23.4 Å². The highest BCUT2D eigenvalue weighted by Crippen LogP contribution is 2.22. The van der Waals surface area contributed by atoms with Gasteiger partial charge in [0, 0.05) is 0 Å². The van der Waals surface area contributed by atoms with E-state index in [9.17, 15) is 4.79 Å². The number of carbonyl (C=O) groups is 1. The molecule has 26 heavy (non-hydrogen) atoms. The van der Waals surface area contributed by atoms with Crippen molar-refractivity contribution < 1.29 is 4.79 Å². The van der Waals surface area contributed by atoms with Crippen molar-refractivity contribution in [3.63, 3.8) is 0 Å². The van der Waals surface area contributed by atoms with E-state index < -0.39 is 0 Å². The summed E-state index contributed by atoms with van der Waals surface area (Å²) >= 11 is 7.43. The predicted octanol–water partition coefficient (Wildman–Crippen LogP) is 5.01. The molecule has 0 spiro atoms. The number of rotatable bonds is 5. The Hall–Kier alpha value is -2.37. The van der Waals surface area contributed by atoms with Gasteiger partial charge in [-0.25, -0.2) is 9.97 Å². The van der Waals surface area contributed by atoms with Crippen molar-refractivity contribution in [2.75, 3.05) is 6.26 Å². The number of hydrogen-bond acceptors (Lipinski definition) is 4. The van der Waals surface area contributed by atoms with Crippen LogP contribution in [-0.4, -0.2) is 22.1 Å². The average molecular weight is 384 g/mol. The first kappa shape index (κ1) is 18.4. The molecule has 0 aliphatic heterocycles. The Labute approximate surface area is 162 Å². The second kappa shape index (κ2) is 8.34. The van der Waals surface area contributed by atoms with Gasteiger partial charge in [-0.05, 0) is 29.9 Å². The Kier molecular flexibility index (Phi) is 5.91. The van der Waals surface area contributed by atoms with E-state index in [0.29, 0.717) is 5.16 Å². The maximum absolute atomic E-state index is 12.5. The number of halogens is 1. The third kappa shape index (κ3) is 4.23. The fourth-order valence-electron chi connectivity index (χ4n) is 2.55. The van der Waals surface area contributed by atoms with Gasteiger partial charge in [0.2, 0.25) is 0 Å². The van der Waals surface area contributed by atoms with Gasteiger partial charge >= 0.3 is 0 Å². The minimum absolute atomic E-state index is 0.170. The second-order valence-electron chi connectivity index (χ2n) is 5.74. The van der Waals surface area contributed by atoms with Crippen LogP contribution in [-0.2, 0) is 0 Å². The van der Waals surface area contributed by atoms with Crippen molar-refractivity contribution in [1.29, 1.82) is 0 Å². The number of carbonyl (C=O) groups excluding carboxylic acids is 1. The largest absolute Gasteiger partial charge is 0.344 e. The van der Waals surface area contributed by atoms with Crippen LogP contribution in [0, 0.1) is 0 Å². The first-order valence-electron chi connectivity index (χ1n) is 8.11. The van der Waals surface area contributed by atoms with Crippen LogP contribution in [0.5, 0.6) is 0 Å². The molecule has 0 unspecified atom stereocenters. The maximum Gasteiger partial charge on any atom is 0.272 e. The molecule has 1 atom stereocenters. The molecule has 3 rings (SSSR count). The van der Waals surface area contributed by atoms with Gasteiger partial charge in [-0.1, -0.05) is 78.0 Å². The molecule has 1 amide bonds. The van der Waals surface area contributed by atoms with Crippen molar-refractivity contribution in [3.8, 4) is 11.1 Å². The Morgan fingerprint density at radius 3 is 2.38 bits per heavy atom. The summed E-state index contributed by atoms with van der Waals surface area (Å²) in [6.45, 7) is 1.93. The number of benzene rings is 2. The van der Waals surface area contributed by atoms with Gasteiger partial charge in [0.1, 0.15) is 0 Å². The number of thioether (sulfide) groups is 1. The van der Waals surface area contributed by atoms with E-state index in [4.69, 9.17) is 11.6 Å². The van der Waals surface area contributed by atoms with Crippen LogP contribution in [0.1, 0.15) is 29.0 Å². The molecule has 1 heterocycles. The van der Waals surface area contributed by atoms with Crippen LogP contribution in [0.3, 0.4) is 0 Å². The lowest BCUT2D eigenvalue weighted by Gasteiger charge is -2.15. The zero-order valence-electron chi connectivity index (χ0n) is 14.4. The molecule has 132 valence electrons. The Bertz CT molecular complexity index is 901. The molecule has 0 bridgehead atoms. The van der Waals surface area contributed by atoms with E-state index in [0.717, 1.165) is 16.7 Å². The van der Waals surface area contributed by atoms with E-state index in [1.54, 1.807) is 0 Å². The summed E-state index contributed by atoms with van der Waals surface area (Å²) in [6, 6.07) is 18.1. The zero-order valence-corrected chi connectivity index (χ0v) is 16.0. The monoisotopic (exact) mass is 383 g/mol. The number of nitrogens with one attached hydrogen (secondary N) is 1. The molecule has 0 radical (unpaired) electrons. The lowest BCUT2D eigenvalue weighted by atomic mass is 10.0. The van der Waals surface area contributed by atoms with E-state index in [2.05, 4.69) is 39.6 Å². The summed E-state index contributed by atoms with van der Waals surface area (Å²) in [7, 11) is 0. The molecular formula is C20H18ClN3OS. The molecule has 3 aromatic rings. The minimum Gasteiger partial charge on any atom is -0.344 e. The van der Waals surface area contributed by atoms with Crippen molar-refractivity contribution in [2.24, 2.45) is 0 Å². The zero-order chi connectivity index (χ0) is 18.5. The minimum atomic E-state index is -0.313. The van der Waals surface area contributed by atoms with Gasteiger partial charge in [-0.2, -0.15) is 0 Å². The summed E-state index contributed by atoms with van der Waals surface area (Å²) in [5.74, 6) is -0.313. The molecule has 4 nitrogen and oxygen atoms in total. The van der Waals surface area contributed by atoms with Gasteiger partial charge in [0.15, 0.2) is 10.9 Å². The van der Waals surface area contributed by atoms with Gasteiger partial charge < -0.3 is 5.32 Å². The van der Waals surface area contributed by atoms with Crippen LogP contribution < -0.4 is 5.32 Å². The third-order valence-corrected chi connectivity index (χ3v) is 4.82. The Balaban J connectivity index is 1.74. The Morgan fingerprint density at radius 2 is 1.73 bits per heavy atom. The van der Waals surface area contributed by atoms with E-state index >= 15 is 0 Å². The van der Waals surface area contributed by atoms with Crippen LogP contribution in [0.25, 0.3) is 11.1 Å². The summed E-state index contributed by atoms with van der Waals surface area (Å²) < 4.78 is 0. The van der Waals surface area contributed by atoms with Crippen LogP contribution in [0.2, 0.25) is 5.02 Å². The summed E-state index contributed by atoms with van der Waals surface area (Å²) in [4.78, 5) is 20.8. The maximum atomic E-state index is 12.5. The van der Waals surface area contributed by atoms with Crippen LogP contribution in [0.15, 0.2) is 66.0 Å². The highest BCUT2D eigenvalue weighted by atomic mass is 35.5. The molecule has 0 aliphatic carbocycles. The van der Waals surface area contributed by atoms with Gasteiger partial charge in [-0.15, -0.1) is 0 Å². The molecule has 1 aromatic heterocycles. The van der Waals surface area contributed by atoms with E-state index in [1.807, 2.05) is 43.5 Å². The van der Waals surface area contributed by atoms with Crippen molar-refractivity contribution >= 4 is 29.3 Å². The number of amides is 1. The predicted molar refractivity (Wildman–Crippen MR) is 107 cm³/mol. The quantitative estimate of drug-likeness (QED) is 0.497. The molecule has 1 N–H and O–H groups in total.